The summed E-state index contributed by atoms with van der Waals surface area (Å²) in [6.45, 7) is 4.12. The van der Waals surface area contributed by atoms with Crippen LogP contribution in [0, 0.1) is 0 Å². The number of rotatable bonds is 5. The molecule has 0 aliphatic carbocycles. The fourth-order valence-electron chi connectivity index (χ4n) is 3.50. The monoisotopic (exact) mass is 349 g/mol. The minimum absolute atomic E-state index is 0.0329. The van der Waals surface area contributed by atoms with Crippen molar-refractivity contribution in [2.24, 2.45) is 7.05 Å². The number of nitrogens with zero attached hydrogens (tertiary/aromatic N) is 5. The highest BCUT2D eigenvalue weighted by Crippen LogP contribution is 2.20. The van der Waals surface area contributed by atoms with Crippen LogP contribution in [0.4, 0.5) is 0 Å². The van der Waals surface area contributed by atoms with Crippen LogP contribution >= 0.6 is 0 Å². The van der Waals surface area contributed by atoms with E-state index in [0.29, 0.717) is 32.8 Å². The molecule has 8 nitrogen and oxygen atoms in total. The van der Waals surface area contributed by atoms with E-state index in [1.54, 1.807) is 22.8 Å². The highest BCUT2D eigenvalue weighted by Gasteiger charge is 2.35. The number of likely N-dealkylation sites (N-methyl/N-ethyl adjacent to an activating group) is 1. The van der Waals surface area contributed by atoms with Crippen molar-refractivity contribution >= 4 is 11.8 Å². The van der Waals surface area contributed by atoms with E-state index in [0.717, 1.165) is 24.9 Å². The Morgan fingerprint density at radius 2 is 2.08 bits per heavy atom. The number of likely N-dealkylation sites (tertiary alicyclic amines) is 1. The Bertz CT molecular complexity index is 611. The van der Waals surface area contributed by atoms with Crippen LogP contribution in [0.15, 0.2) is 12.4 Å². The maximum absolute atomic E-state index is 12.7. The van der Waals surface area contributed by atoms with Crippen LogP contribution in [0.3, 0.4) is 0 Å². The molecule has 3 heterocycles. The molecule has 3 rings (SSSR count). The van der Waals surface area contributed by atoms with Gasteiger partial charge in [-0.3, -0.25) is 19.2 Å². The fraction of sp³-hybridized carbons (Fsp3) is 0.706. The SMILES string of the molecule is CN(Cc1cnn(C)c1)C(=O)CN1CCCC1C(=O)N1CCOCC1. The second-order valence-corrected chi connectivity index (χ2v) is 6.84. The lowest BCUT2D eigenvalue weighted by molar-refractivity contribution is -0.141. The minimum atomic E-state index is -0.172. The first kappa shape index (κ1) is 17.9. The lowest BCUT2D eigenvalue weighted by atomic mass is 10.2. The number of amides is 2. The molecule has 2 saturated heterocycles. The molecule has 1 aromatic heterocycles. The first-order valence-electron chi connectivity index (χ1n) is 8.86. The molecule has 0 saturated carbocycles. The summed E-state index contributed by atoms with van der Waals surface area (Å²) in [5.74, 6) is 0.175. The standard InChI is InChI=1S/C17H27N5O3/c1-19(11-14-10-18-20(2)12-14)16(23)13-22-5-3-4-15(22)17(24)21-6-8-25-9-7-21/h10,12,15H,3-9,11,13H2,1-2H3. The van der Waals surface area contributed by atoms with Gasteiger partial charge in [0.2, 0.25) is 11.8 Å². The normalized spacial score (nSPS) is 21.5. The zero-order chi connectivity index (χ0) is 17.8. The molecule has 25 heavy (non-hydrogen) atoms. The van der Waals surface area contributed by atoms with Crippen LogP contribution in [0.1, 0.15) is 18.4 Å². The number of carbonyl (C=O) groups is 2. The summed E-state index contributed by atoms with van der Waals surface area (Å²) in [6.07, 6.45) is 5.46. The van der Waals surface area contributed by atoms with Gasteiger partial charge in [-0.25, -0.2) is 0 Å². The molecule has 2 amide bonds. The molecule has 0 bridgehead atoms. The van der Waals surface area contributed by atoms with Gasteiger partial charge in [0, 0.05) is 45.5 Å². The number of aromatic nitrogens is 2. The Labute approximate surface area is 148 Å². The second kappa shape index (κ2) is 7.97. The summed E-state index contributed by atoms with van der Waals surface area (Å²) >= 11 is 0. The molecule has 2 aliphatic rings. The largest absolute Gasteiger partial charge is 0.378 e. The van der Waals surface area contributed by atoms with Crippen molar-refractivity contribution in [1.29, 1.82) is 0 Å². The number of morpholine rings is 1. The van der Waals surface area contributed by atoms with Crippen LogP contribution in [0.2, 0.25) is 0 Å². The Balaban J connectivity index is 1.54. The molecule has 138 valence electrons. The van der Waals surface area contributed by atoms with Crippen molar-refractivity contribution in [3.63, 3.8) is 0 Å². The van der Waals surface area contributed by atoms with Gasteiger partial charge in [-0.05, 0) is 19.4 Å². The molecular weight excluding hydrogens is 322 g/mol. The van der Waals surface area contributed by atoms with Crippen LogP contribution < -0.4 is 0 Å². The fourth-order valence-corrected chi connectivity index (χ4v) is 3.50. The number of aryl methyl sites for hydroxylation is 1. The van der Waals surface area contributed by atoms with E-state index < -0.39 is 0 Å². The lowest BCUT2D eigenvalue weighted by Gasteiger charge is -2.32. The Morgan fingerprint density at radius 3 is 2.76 bits per heavy atom. The molecule has 1 aromatic rings. The van der Waals surface area contributed by atoms with Gasteiger partial charge in [-0.15, -0.1) is 0 Å². The zero-order valence-electron chi connectivity index (χ0n) is 15.1. The van der Waals surface area contributed by atoms with Crippen molar-refractivity contribution in [2.45, 2.75) is 25.4 Å². The zero-order valence-corrected chi connectivity index (χ0v) is 15.1. The third kappa shape index (κ3) is 4.38. The quantitative estimate of drug-likeness (QED) is 0.730. The molecule has 1 unspecified atom stereocenters. The van der Waals surface area contributed by atoms with Crippen LogP contribution in [0.25, 0.3) is 0 Å². The smallest absolute Gasteiger partial charge is 0.240 e. The van der Waals surface area contributed by atoms with Gasteiger partial charge < -0.3 is 14.5 Å². The third-order valence-corrected chi connectivity index (χ3v) is 4.91. The predicted octanol–water partition coefficient (Wildman–Crippen LogP) is -0.298. The molecule has 8 heteroatoms. The van der Waals surface area contributed by atoms with Crippen molar-refractivity contribution in [3.05, 3.63) is 18.0 Å². The first-order valence-corrected chi connectivity index (χ1v) is 8.86. The summed E-state index contributed by atoms with van der Waals surface area (Å²) in [7, 11) is 3.65. The lowest BCUT2D eigenvalue weighted by Crippen LogP contribution is -2.51. The van der Waals surface area contributed by atoms with Crippen LogP contribution in [-0.2, 0) is 27.9 Å². The Kier molecular flexibility index (Phi) is 5.70. The summed E-state index contributed by atoms with van der Waals surface area (Å²) in [5, 5.41) is 4.13. The highest BCUT2D eigenvalue weighted by atomic mass is 16.5. The average Bonchev–Trinajstić information content (AvgIpc) is 3.24. The second-order valence-electron chi connectivity index (χ2n) is 6.84. The summed E-state index contributed by atoms with van der Waals surface area (Å²) < 4.78 is 7.05. The maximum atomic E-state index is 12.7. The van der Waals surface area contributed by atoms with Crippen molar-refractivity contribution in [3.8, 4) is 0 Å². The number of hydrogen-bond donors (Lipinski definition) is 0. The first-order chi connectivity index (χ1) is 12.0. The van der Waals surface area contributed by atoms with Crippen LogP contribution in [-0.4, -0.2) is 88.8 Å². The van der Waals surface area contributed by atoms with E-state index in [1.807, 2.05) is 23.0 Å². The van der Waals surface area contributed by atoms with Crippen molar-refractivity contribution < 1.29 is 14.3 Å². The van der Waals surface area contributed by atoms with Gasteiger partial charge in [0.1, 0.15) is 0 Å². The summed E-state index contributed by atoms with van der Waals surface area (Å²) in [4.78, 5) is 30.9. The van der Waals surface area contributed by atoms with E-state index in [-0.39, 0.29) is 24.4 Å². The molecule has 0 N–H and O–H groups in total. The number of hydrogen-bond acceptors (Lipinski definition) is 5. The van der Waals surface area contributed by atoms with Crippen molar-refractivity contribution in [1.82, 2.24) is 24.5 Å². The third-order valence-electron chi connectivity index (χ3n) is 4.91. The van der Waals surface area contributed by atoms with E-state index in [4.69, 9.17) is 4.74 Å². The number of ether oxygens (including phenoxy) is 1. The van der Waals surface area contributed by atoms with Gasteiger partial charge >= 0.3 is 0 Å². The predicted molar refractivity (Wildman–Crippen MR) is 91.7 cm³/mol. The molecule has 0 aromatic carbocycles. The van der Waals surface area contributed by atoms with E-state index in [1.165, 1.54) is 0 Å². The summed E-state index contributed by atoms with van der Waals surface area (Å²) in [6, 6.07) is -0.172. The molecule has 1 atom stereocenters. The topological polar surface area (TPSA) is 70.9 Å². The van der Waals surface area contributed by atoms with Gasteiger partial charge in [0.15, 0.2) is 0 Å². The van der Waals surface area contributed by atoms with E-state index >= 15 is 0 Å². The van der Waals surface area contributed by atoms with Gasteiger partial charge in [-0.2, -0.15) is 5.10 Å². The Hall–Kier alpha value is -1.93. The average molecular weight is 349 g/mol. The van der Waals surface area contributed by atoms with Gasteiger partial charge in [0.05, 0.1) is 32.0 Å². The maximum Gasteiger partial charge on any atom is 0.240 e. The molecule has 2 aliphatic heterocycles. The molecule has 2 fully saturated rings. The Morgan fingerprint density at radius 1 is 1.32 bits per heavy atom. The van der Waals surface area contributed by atoms with Gasteiger partial charge in [-0.1, -0.05) is 0 Å². The van der Waals surface area contributed by atoms with Gasteiger partial charge in [0.25, 0.3) is 0 Å². The molecule has 0 radical (unpaired) electrons. The van der Waals surface area contributed by atoms with E-state index in [2.05, 4.69) is 5.10 Å². The summed E-state index contributed by atoms with van der Waals surface area (Å²) in [5.41, 5.74) is 1.00. The minimum Gasteiger partial charge on any atom is -0.378 e. The van der Waals surface area contributed by atoms with Crippen molar-refractivity contribution in [2.75, 3.05) is 46.4 Å². The highest BCUT2D eigenvalue weighted by molar-refractivity contribution is 5.84. The molecule has 0 spiro atoms. The number of carbonyl (C=O) groups excluding carboxylic acids is 2. The molecular formula is C17H27N5O3. The van der Waals surface area contributed by atoms with Crippen LogP contribution in [0.5, 0.6) is 0 Å². The van der Waals surface area contributed by atoms with E-state index in [9.17, 15) is 9.59 Å².